The quantitative estimate of drug-likeness (QED) is 0.851. The standard InChI is InChI=1S/C16H15NO4/c18-16(14-2-1-7-19-14)17-6-5-12(9-17)11-3-4-13-15(8-11)21-10-20-13/h1-4,7-8,12H,5-6,9-10H2/t12-/m0/s1. The summed E-state index contributed by atoms with van der Waals surface area (Å²) < 4.78 is 15.9. The van der Waals surface area contributed by atoms with Gasteiger partial charge in [-0.15, -0.1) is 0 Å². The third-order valence-electron chi connectivity index (χ3n) is 4.08. The normalized spacial score (nSPS) is 20.0. The van der Waals surface area contributed by atoms with Crippen molar-refractivity contribution in [3.63, 3.8) is 0 Å². The van der Waals surface area contributed by atoms with Crippen LogP contribution in [0.5, 0.6) is 11.5 Å². The van der Waals surface area contributed by atoms with E-state index >= 15 is 0 Å². The Labute approximate surface area is 122 Å². The van der Waals surface area contributed by atoms with Crippen LogP contribution < -0.4 is 9.47 Å². The molecule has 1 amide bonds. The number of hydrogen-bond donors (Lipinski definition) is 0. The second-order valence-corrected chi connectivity index (χ2v) is 5.33. The molecule has 3 heterocycles. The van der Waals surface area contributed by atoms with Gasteiger partial charge in [0.1, 0.15) is 0 Å². The number of carbonyl (C=O) groups excluding carboxylic acids is 1. The van der Waals surface area contributed by atoms with Gasteiger partial charge >= 0.3 is 0 Å². The summed E-state index contributed by atoms with van der Waals surface area (Å²) in [6.07, 6.45) is 2.48. The van der Waals surface area contributed by atoms with E-state index in [-0.39, 0.29) is 12.7 Å². The van der Waals surface area contributed by atoms with E-state index in [1.807, 2.05) is 17.0 Å². The fraction of sp³-hybridized carbons (Fsp3) is 0.312. The van der Waals surface area contributed by atoms with Gasteiger partial charge in [-0.3, -0.25) is 4.79 Å². The highest BCUT2D eigenvalue weighted by molar-refractivity contribution is 5.91. The van der Waals surface area contributed by atoms with E-state index in [2.05, 4.69) is 6.07 Å². The summed E-state index contributed by atoms with van der Waals surface area (Å²) in [4.78, 5) is 14.1. The average molecular weight is 285 g/mol. The van der Waals surface area contributed by atoms with Crippen molar-refractivity contribution in [2.45, 2.75) is 12.3 Å². The summed E-state index contributed by atoms with van der Waals surface area (Å²) in [6.45, 7) is 1.74. The summed E-state index contributed by atoms with van der Waals surface area (Å²) in [6, 6.07) is 9.45. The lowest BCUT2D eigenvalue weighted by Crippen LogP contribution is -2.28. The molecule has 5 nitrogen and oxygen atoms in total. The molecule has 0 aliphatic carbocycles. The number of likely N-dealkylation sites (tertiary alicyclic amines) is 1. The van der Waals surface area contributed by atoms with Crippen LogP contribution in [-0.4, -0.2) is 30.7 Å². The van der Waals surface area contributed by atoms with Gasteiger partial charge in [-0.2, -0.15) is 0 Å². The minimum Gasteiger partial charge on any atom is -0.459 e. The van der Waals surface area contributed by atoms with Gasteiger partial charge in [0.2, 0.25) is 6.79 Å². The number of rotatable bonds is 2. The minimum atomic E-state index is -0.0387. The largest absolute Gasteiger partial charge is 0.459 e. The molecular weight excluding hydrogens is 270 g/mol. The Morgan fingerprint density at radius 3 is 2.95 bits per heavy atom. The zero-order valence-corrected chi connectivity index (χ0v) is 11.5. The predicted octanol–water partition coefficient (Wildman–Crippen LogP) is 2.64. The van der Waals surface area contributed by atoms with Crippen molar-refractivity contribution in [3.8, 4) is 11.5 Å². The topological polar surface area (TPSA) is 51.9 Å². The van der Waals surface area contributed by atoms with Crippen LogP contribution in [0.2, 0.25) is 0 Å². The second-order valence-electron chi connectivity index (χ2n) is 5.33. The first-order valence-corrected chi connectivity index (χ1v) is 7.03. The third kappa shape index (κ3) is 2.14. The Bertz CT molecular complexity index is 665. The smallest absolute Gasteiger partial charge is 0.289 e. The van der Waals surface area contributed by atoms with Gasteiger partial charge < -0.3 is 18.8 Å². The number of fused-ring (bicyclic) bond motifs is 1. The lowest BCUT2D eigenvalue weighted by atomic mass is 9.98. The minimum absolute atomic E-state index is 0.0387. The fourth-order valence-electron chi connectivity index (χ4n) is 2.94. The number of ether oxygens (including phenoxy) is 2. The van der Waals surface area contributed by atoms with Gasteiger partial charge in [0.15, 0.2) is 17.3 Å². The van der Waals surface area contributed by atoms with Gasteiger partial charge in [0.25, 0.3) is 5.91 Å². The third-order valence-corrected chi connectivity index (χ3v) is 4.08. The molecule has 1 fully saturated rings. The molecule has 0 saturated carbocycles. The average Bonchev–Trinajstić information content (AvgIpc) is 3.25. The van der Waals surface area contributed by atoms with Gasteiger partial charge in [-0.05, 0) is 36.2 Å². The highest BCUT2D eigenvalue weighted by Crippen LogP contribution is 2.37. The number of nitrogens with zero attached hydrogens (tertiary/aromatic N) is 1. The van der Waals surface area contributed by atoms with Crippen LogP contribution in [0.3, 0.4) is 0 Å². The van der Waals surface area contributed by atoms with Gasteiger partial charge in [0, 0.05) is 19.0 Å². The molecule has 1 aromatic carbocycles. The Morgan fingerprint density at radius 2 is 2.10 bits per heavy atom. The summed E-state index contributed by atoms with van der Waals surface area (Å²) in [7, 11) is 0. The Balaban J connectivity index is 1.50. The van der Waals surface area contributed by atoms with Crippen LogP contribution in [-0.2, 0) is 0 Å². The van der Waals surface area contributed by atoms with Crippen LogP contribution in [0.25, 0.3) is 0 Å². The maximum absolute atomic E-state index is 12.3. The second kappa shape index (κ2) is 4.84. The van der Waals surface area contributed by atoms with E-state index < -0.39 is 0 Å². The fourth-order valence-corrected chi connectivity index (χ4v) is 2.94. The first-order valence-electron chi connectivity index (χ1n) is 7.03. The molecule has 0 unspecified atom stereocenters. The van der Waals surface area contributed by atoms with Crippen LogP contribution >= 0.6 is 0 Å². The van der Waals surface area contributed by atoms with Crippen LogP contribution in [0.4, 0.5) is 0 Å². The van der Waals surface area contributed by atoms with Crippen LogP contribution in [0.15, 0.2) is 41.0 Å². The first-order chi connectivity index (χ1) is 10.3. The van der Waals surface area contributed by atoms with Crippen molar-refractivity contribution in [2.75, 3.05) is 19.9 Å². The number of carbonyl (C=O) groups is 1. The van der Waals surface area contributed by atoms with E-state index in [0.29, 0.717) is 18.2 Å². The monoisotopic (exact) mass is 285 g/mol. The van der Waals surface area contributed by atoms with Gasteiger partial charge in [0.05, 0.1) is 6.26 Å². The molecule has 2 aliphatic heterocycles. The van der Waals surface area contributed by atoms with E-state index in [4.69, 9.17) is 13.9 Å². The molecule has 0 radical (unpaired) electrons. The molecule has 2 aliphatic rings. The zero-order chi connectivity index (χ0) is 14.2. The molecule has 1 atom stereocenters. The lowest BCUT2D eigenvalue weighted by Gasteiger charge is -2.15. The van der Waals surface area contributed by atoms with Crippen molar-refractivity contribution < 1.29 is 18.7 Å². The van der Waals surface area contributed by atoms with Gasteiger partial charge in [-0.25, -0.2) is 0 Å². The van der Waals surface area contributed by atoms with Crippen molar-refractivity contribution in [2.24, 2.45) is 0 Å². The Kier molecular flexibility index (Phi) is 2.84. The maximum atomic E-state index is 12.3. The molecular formula is C16H15NO4. The molecule has 0 spiro atoms. The number of hydrogen-bond acceptors (Lipinski definition) is 4. The summed E-state index contributed by atoms with van der Waals surface area (Å²) in [5.74, 6) is 2.28. The summed E-state index contributed by atoms with van der Waals surface area (Å²) in [5, 5.41) is 0. The number of amides is 1. The van der Waals surface area contributed by atoms with Crippen molar-refractivity contribution in [1.29, 1.82) is 0 Å². The Hall–Kier alpha value is -2.43. The molecule has 1 aromatic heterocycles. The van der Waals surface area contributed by atoms with Crippen molar-refractivity contribution in [3.05, 3.63) is 47.9 Å². The Morgan fingerprint density at radius 1 is 1.19 bits per heavy atom. The lowest BCUT2D eigenvalue weighted by molar-refractivity contribution is 0.0759. The molecule has 5 heteroatoms. The first kappa shape index (κ1) is 12.3. The summed E-state index contributed by atoms with van der Waals surface area (Å²) >= 11 is 0. The molecule has 4 rings (SSSR count). The van der Waals surface area contributed by atoms with E-state index in [0.717, 1.165) is 24.5 Å². The van der Waals surface area contributed by atoms with Crippen molar-refractivity contribution in [1.82, 2.24) is 4.90 Å². The van der Waals surface area contributed by atoms with Crippen molar-refractivity contribution >= 4 is 5.91 Å². The maximum Gasteiger partial charge on any atom is 0.289 e. The molecule has 0 bridgehead atoms. The number of furan rings is 1. The van der Waals surface area contributed by atoms with Crippen LogP contribution in [0.1, 0.15) is 28.5 Å². The molecule has 0 N–H and O–H groups in total. The van der Waals surface area contributed by atoms with E-state index in [1.54, 1.807) is 12.1 Å². The molecule has 21 heavy (non-hydrogen) atoms. The van der Waals surface area contributed by atoms with E-state index in [9.17, 15) is 4.79 Å². The highest BCUT2D eigenvalue weighted by atomic mass is 16.7. The van der Waals surface area contributed by atoms with E-state index in [1.165, 1.54) is 11.8 Å². The molecule has 108 valence electrons. The summed E-state index contributed by atoms with van der Waals surface area (Å²) in [5.41, 5.74) is 1.19. The zero-order valence-electron chi connectivity index (χ0n) is 11.5. The van der Waals surface area contributed by atoms with Gasteiger partial charge in [-0.1, -0.05) is 6.07 Å². The SMILES string of the molecule is O=C(c1ccco1)N1CC[C@H](c2ccc3c(c2)OCO3)C1. The predicted molar refractivity (Wildman–Crippen MR) is 74.5 cm³/mol. The molecule has 2 aromatic rings. The highest BCUT2D eigenvalue weighted by Gasteiger charge is 2.30. The van der Waals surface area contributed by atoms with Crippen LogP contribution in [0, 0.1) is 0 Å². The molecule has 1 saturated heterocycles. The number of benzene rings is 1.